The molecule has 14 heteroatoms. The molecular weight excluding hydrogens is 801 g/mol. The van der Waals surface area contributed by atoms with Crippen molar-refractivity contribution in [2.45, 2.75) is 127 Å². The van der Waals surface area contributed by atoms with Crippen LogP contribution in [0.1, 0.15) is 93.6 Å². The Bertz CT molecular complexity index is 2300. The second kappa shape index (κ2) is 17.0. The Morgan fingerprint density at radius 2 is 1.70 bits per heavy atom. The SMILES string of the molecule is COCOc1cc(-c2ncc3c(N4CC5CCC(C4)N5C(=O)OC(C)(C)C)nc(SCC4(CO)CC4)nc3c2F)c2c(C#C[Si](C(C)C)(C(C)C)C(C)C)c(F)ccc2c1. The number of amides is 1. The fraction of sp³-hybridized carbons (Fsp3) is 0.565. The number of thioether (sulfide) groups is 1. The maximum atomic E-state index is 17.7. The Morgan fingerprint density at radius 1 is 1.03 bits per heavy atom. The largest absolute Gasteiger partial charge is 0.468 e. The number of anilines is 1. The summed E-state index contributed by atoms with van der Waals surface area (Å²) >= 11 is 1.40. The van der Waals surface area contributed by atoms with Gasteiger partial charge in [0.05, 0.1) is 23.0 Å². The van der Waals surface area contributed by atoms with Crippen LogP contribution in [-0.4, -0.2) is 96.2 Å². The topological polar surface area (TPSA) is 110 Å². The molecule has 2 aromatic carbocycles. The third kappa shape index (κ3) is 8.44. The van der Waals surface area contributed by atoms with Crippen molar-refractivity contribution in [3.8, 4) is 28.5 Å². The third-order valence-electron chi connectivity index (χ3n) is 12.7. The molecule has 3 aliphatic rings. The van der Waals surface area contributed by atoms with Gasteiger partial charge >= 0.3 is 6.09 Å². The fourth-order valence-electron chi connectivity index (χ4n) is 9.48. The number of halogens is 2. The first-order valence-electron chi connectivity index (χ1n) is 21.2. The summed E-state index contributed by atoms with van der Waals surface area (Å²) in [5.41, 5.74) is 4.38. The van der Waals surface area contributed by atoms with Crippen LogP contribution in [0.5, 0.6) is 5.75 Å². The standard InChI is InChI=1S/C46H59F2N5O5SSi/c1-27(2)60(28(3)4,29(5)6)18-15-34-37(47)14-11-30-19-33(57-26-56-10)20-35(38(30)34)40-39(48)41-36(21-49-40)42(51-43(50-41)59-25-46(24-54)16-17-46)52-22-31-12-13-32(23-52)53(31)44(55)58-45(7,8)9/h11,14,19-21,27-29,31-32,54H,12-13,16-17,22-26H2,1-10H3. The van der Waals surface area contributed by atoms with Crippen molar-refractivity contribution in [3.63, 3.8) is 0 Å². The van der Waals surface area contributed by atoms with E-state index in [2.05, 4.69) is 57.9 Å². The van der Waals surface area contributed by atoms with Crippen LogP contribution in [0, 0.1) is 28.5 Å². The van der Waals surface area contributed by atoms with Crippen molar-refractivity contribution < 1.29 is 32.9 Å². The Morgan fingerprint density at radius 3 is 2.28 bits per heavy atom. The van der Waals surface area contributed by atoms with Gasteiger partial charge in [-0.3, -0.25) is 9.88 Å². The second-order valence-corrected chi connectivity index (χ2v) is 25.3. The van der Waals surface area contributed by atoms with Gasteiger partial charge in [0.15, 0.2) is 17.8 Å². The summed E-state index contributed by atoms with van der Waals surface area (Å²) in [5, 5.41) is 12.0. The van der Waals surface area contributed by atoms with E-state index in [4.69, 9.17) is 29.2 Å². The van der Waals surface area contributed by atoms with Crippen LogP contribution >= 0.6 is 11.8 Å². The van der Waals surface area contributed by atoms with Crippen LogP contribution in [0.15, 0.2) is 35.6 Å². The molecule has 0 spiro atoms. The molecule has 60 heavy (non-hydrogen) atoms. The molecule has 4 heterocycles. The second-order valence-electron chi connectivity index (χ2n) is 18.8. The Labute approximate surface area is 358 Å². The van der Waals surface area contributed by atoms with Crippen molar-refractivity contribution in [2.75, 3.05) is 44.3 Å². The summed E-state index contributed by atoms with van der Waals surface area (Å²) in [4.78, 5) is 32.0. The average molecular weight is 860 g/mol. The summed E-state index contributed by atoms with van der Waals surface area (Å²) in [7, 11) is -0.777. The van der Waals surface area contributed by atoms with Crippen LogP contribution < -0.4 is 9.64 Å². The predicted molar refractivity (Wildman–Crippen MR) is 237 cm³/mol. The highest BCUT2D eigenvalue weighted by Crippen LogP contribution is 2.49. The number of carbonyl (C=O) groups excluding carboxylic acids is 1. The fourth-order valence-corrected chi connectivity index (χ4v) is 15.8. The number of fused-ring (bicyclic) bond motifs is 4. The van der Waals surface area contributed by atoms with Gasteiger partial charge in [0, 0.05) is 55.1 Å². The molecule has 1 amide bonds. The minimum absolute atomic E-state index is 0.0199. The van der Waals surface area contributed by atoms with Gasteiger partial charge < -0.3 is 24.2 Å². The number of aromatic nitrogens is 3. The number of piperazine rings is 1. The van der Waals surface area contributed by atoms with Crippen molar-refractivity contribution in [1.82, 2.24) is 19.9 Å². The number of aliphatic hydroxyl groups excluding tert-OH is 1. The number of methoxy groups -OCH3 is 1. The number of pyridine rings is 1. The van der Waals surface area contributed by atoms with E-state index in [-0.39, 0.29) is 53.8 Å². The van der Waals surface area contributed by atoms with Gasteiger partial charge in [-0.2, -0.15) is 0 Å². The van der Waals surface area contributed by atoms with Crippen LogP contribution in [-0.2, 0) is 9.47 Å². The molecule has 10 nitrogen and oxygen atoms in total. The van der Waals surface area contributed by atoms with E-state index in [0.29, 0.717) is 73.9 Å². The molecule has 322 valence electrons. The molecule has 1 N–H and O–H groups in total. The lowest BCUT2D eigenvalue weighted by Crippen LogP contribution is -2.57. The average Bonchev–Trinajstić information content (AvgIpc) is 3.92. The lowest BCUT2D eigenvalue weighted by atomic mass is 9.95. The molecule has 2 saturated heterocycles. The van der Waals surface area contributed by atoms with E-state index in [0.717, 1.165) is 25.7 Å². The van der Waals surface area contributed by atoms with E-state index in [1.54, 1.807) is 24.4 Å². The minimum atomic E-state index is -2.30. The Balaban J connectivity index is 1.40. The number of ether oxygens (including phenoxy) is 3. The van der Waals surface area contributed by atoms with Gasteiger partial charge in [-0.15, -0.1) is 5.54 Å². The van der Waals surface area contributed by atoms with E-state index in [1.165, 1.54) is 24.9 Å². The number of aliphatic hydroxyl groups is 1. The summed E-state index contributed by atoms with van der Waals surface area (Å²) in [6.45, 7) is 19.8. The first-order valence-corrected chi connectivity index (χ1v) is 24.4. The van der Waals surface area contributed by atoms with Crippen molar-refractivity contribution in [1.29, 1.82) is 0 Å². The van der Waals surface area contributed by atoms with E-state index >= 15 is 8.78 Å². The molecule has 2 unspecified atom stereocenters. The van der Waals surface area contributed by atoms with Crippen molar-refractivity contribution in [2.24, 2.45) is 5.41 Å². The van der Waals surface area contributed by atoms with Gasteiger partial charge in [0.2, 0.25) is 0 Å². The van der Waals surface area contributed by atoms with Gasteiger partial charge in [-0.05, 0) is 86.7 Å². The smallest absolute Gasteiger partial charge is 0.410 e. The number of carbonyl (C=O) groups is 1. The highest BCUT2D eigenvalue weighted by atomic mass is 32.2. The number of benzene rings is 2. The number of hydrogen-bond donors (Lipinski definition) is 1. The molecule has 1 saturated carbocycles. The molecule has 1 aliphatic carbocycles. The Hall–Kier alpha value is -4.03. The molecule has 4 aromatic rings. The highest BCUT2D eigenvalue weighted by Gasteiger charge is 2.46. The number of nitrogens with zero attached hydrogens (tertiary/aromatic N) is 5. The van der Waals surface area contributed by atoms with Crippen LogP contribution in [0.3, 0.4) is 0 Å². The van der Waals surface area contributed by atoms with Gasteiger partial charge in [-0.25, -0.2) is 23.5 Å². The molecule has 3 fully saturated rings. The van der Waals surface area contributed by atoms with E-state index in [9.17, 15) is 9.90 Å². The zero-order chi connectivity index (χ0) is 43.3. The zero-order valence-electron chi connectivity index (χ0n) is 36.6. The molecule has 2 aliphatic heterocycles. The molecule has 0 radical (unpaired) electrons. The van der Waals surface area contributed by atoms with Gasteiger partial charge in [0.1, 0.15) is 42.3 Å². The lowest BCUT2D eigenvalue weighted by molar-refractivity contribution is 0.0122. The predicted octanol–water partition coefficient (Wildman–Crippen LogP) is 10.1. The minimum Gasteiger partial charge on any atom is -0.468 e. The monoisotopic (exact) mass is 859 g/mol. The van der Waals surface area contributed by atoms with Crippen LogP contribution in [0.2, 0.25) is 16.6 Å². The first kappa shape index (κ1) is 44.0. The first-order chi connectivity index (χ1) is 28.4. The summed E-state index contributed by atoms with van der Waals surface area (Å²) < 4.78 is 50.9. The molecule has 2 atom stereocenters. The molecule has 2 aromatic heterocycles. The molecule has 7 rings (SSSR count). The van der Waals surface area contributed by atoms with Gasteiger partial charge in [0.25, 0.3) is 0 Å². The quantitative estimate of drug-likeness (QED) is 0.0486. The van der Waals surface area contributed by atoms with Crippen molar-refractivity contribution >= 4 is 53.4 Å². The van der Waals surface area contributed by atoms with Crippen molar-refractivity contribution in [3.05, 3.63) is 47.7 Å². The number of rotatable bonds is 12. The van der Waals surface area contributed by atoms with Gasteiger partial charge in [-0.1, -0.05) is 65.3 Å². The highest BCUT2D eigenvalue weighted by molar-refractivity contribution is 7.99. The number of hydrogen-bond acceptors (Lipinski definition) is 10. The molecule has 2 bridgehead atoms. The molecular formula is C46H59F2N5O5SSi. The Kier molecular flexibility index (Phi) is 12.5. The summed E-state index contributed by atoms with van der Waals surface area (Å²) in [6.07, 6.45) is 4.70. The summed E-state index contributed by atoms with van der Waals surface area (Å²) in [6, 6.07) is 6.30. The maximum absolute atomic E-state index is 17.7. The van der Waals surface area contributed by atoms with E-state index < -0.39 is 25.3 Å². The lowest BCUT2D eigenvalue weighted by Gasteiger charge is -2.42. The normalized spacial score (nSPS) is 18.8. The maximum Gasteiger partial charge on any atom is 0.410 e. The summed E-state index contributed by atoms with van der Waals surface area (Å²) in [5.74, 6) is 3.69. The van der Waals surface area contributed by atoms with Crippen LogP contribution in [0.25, 0.3) is 32.9 Å². The third-order valence-corrected chi connectivity index (χ3v) is 20.2. The van der Waals surface area contributed by atoms with E-state index in [1.807, 2.05) is 25.7 Å². The van der Waals surface area contributed by atoms with Crippen LogP contribution in [0.4, 0.5) is 19.4 Å². The zero-order valence-corrected chi connectivity index (χ0v) is 38.4.